The number of aromatic nitrogens is 1. The average molecular weight is 319 g/mol. The number of nitrogens with zero attached hydrogens (tertiary/aromatic N) is 1. The highest BCUT2D eigenvalue weighted by atomic mass is 16.5. The minimum atomic E-state index is -0.335. The van der Waals surface area contributed by atoms with Crippen molar-refractivity contribution in [1.29, 1.82) is 0 Å². The molecular formula is C16H21N3O4. The summed E-state index contributed by atoms with van der Waals surface area (Å²) in [5.74, 6) is 2.14. The Hall–Kier alpha value is -2.28. The number of carbonyl (C=O) groups is 1. The Kier molecular flexibility index (Phi) is 4.12. The monoisotopic (exact) mass is 319 g/mol. The molecule has 0 bridgehead atoms. The van der Waals surface area contributed by atoms with E-state index in [2.05, 4.69) is 15.8 Å². The van der Waals surface area contributed by atoms with Gasteiger partial charge >= 0.3 is 6.03 Å². The van der Waals surface area contributed by atoms with Crippen LogP contribution in [-0.2, 0) is 4.74 Å². The first kappa shape index (κ1) is 15.6. The van der Waals surface area contributed by atoms with Crippen LogP contribution in [0.1, 0.15) is 25.5 Å². The van der Waals surface area contributed by atoms with E-state index in [1.54, 1.807) is 25.5 Å². The Morgan fingerprint density at radius 3 is 2.91 bits per heavy atom. The summed E-state index contributed by atoms with van der Waals surface area (Å²) in [6.45, 7) is 4.30. The Morgan fingerprint density at radius 2 is 2.30 bits per heavy atom. The fraction of sp³-hybridized carbons (Fsp3) is 0.500. The summed E-state index contributed by atoms with van der Waals surface area (Å²) >= 11 is 0. The van der Waals surface area contributed by atoms with Crippen molar-refractivity contribution in [2.45, 2.75) is 32.3 Å². The molecule has 2 aromatic heterocycles. The highest BCUT2D eigenvalue weighted by Gasteiger charge is 2.41. The van der Waals surface area contributed by atoms with Crippen LogP contribution in [-0.4, -0.2) is 30.4 Å². The molecule has 23 heavy (non-hydrogen) atoms. The number of methoxy groups -OCH3 is 1. The molecule has 1 aliphatic carbocycles. The van der Waals surface area contributed by atoms with E-state index in [9.17, 15) is 4.79 Å². The highest BCUT2D eigenvalue weighted by molar-refractivity contribution is 5.88. The largest absolute Gasteiger partial charge is 0.469 e. The van der Waals surface area contributed by atoms with Crippen LogP contribution >= 0.6 is 0 Å². The molecule has 0 saturated heterocycles. The van der Waals surface area contributed by atoms with Crippen molar-refractivity contribution in [3.8, 4) is 11.3 Å². The van der Waals surface area contributed by atoms with Gasteiger partial charge in [0.15, 0.2) is 11.6 Å². The van der Waals surface area contributed by atoms with Gasteiger partial charge in [-0.15, -0.1) is 0 Å². The molecule has 0 aromatic carbocycles. The van der Waals surface area contributed by atoms with Crippen LogP contribution in [0.25, 0.3) is 11.3 Å². The molecule has 0 radical (unpaired) electrons. The second-order valence-corrected chi connectivity index (χ2v) is 6.07. The number of furan rings is 1. The topological polar surface area (TPSA) is 89.5 Å². The average Bonchev–Trinajstić information content (AvgIpc) is 3.17. The van der Waals surface area contributed by atoms with Gasteiger partial charge in [0.25, 0.3) is 0 Å². The number of amides is 2. The number of nitrogens with one attached hydrogen (secondary N) is 2. The highest BCUT2D eigenvalue weighted by Crippen LogP contribution is 2.41. The minimum absolute atomic E-state index is 0.319. The number of rotatable bonds is 6. The third kappa shape index (κ3) is 3.39. The second-order valence-electron chi connectivity index (χ2n) is 6.07. The molecule has 1 fully saturated rings. The molecular weight excluding hydrogens is 298 g/mol. The zero-order valence-corrected chi connectivity index (χ0v) is 13.5. The number of aryl methyl sites for hydroxylation is 1. The van der Waals surface area contributed by atoms with Gasteiger partial charge in [-0.05, 0) is 38.7 Å². The summed E-state index contributed by atoms with van der Waals surface area (Å²) in [7, 11) is 1.68. The molecule has 0 spiro atoms. The molecule has 7 nitrogen and oxygen atoms in total. The van der Waals surface area contributed by atoms with E-state index in [1.165, 1.54) is 0 Å². The van der Waals surface area contributed by atoms with E-state index in [1.807, 2.05) is 13.8 Å². The number of urea groups is 1. The van der Waals surface area contributed by atoms with Crippen LogP contribution in [0.3, 0.4) is 0 Å². The van der Waals surface area contributed by atoms with Gasteiger partial charge in [0.2, 0.25) is 0 Å². The molecule has 2 heterocycles. The first-order valence-corrected chi connectivity index (χ1v) is 7.63. The number of anilines is 1. The Morgan fingerprint density at radius 1 is 1.52 bits per heavy atom. The summed E-state index contributed by atoms with van der Waals surface area (Å²) in [4.78, 5) is 12.0. The van der Waals surface area contributed by atoms with Gasteiger partial charge in [-0.3, -0.25) is 5.32 Å². The van der Waals surface area contributed by atoms with Crippen molar-refractivity contribution in [1.82, 2.24) is 10.5 Å². The van der Waals surface area contributed by atoms with E-state index in [0.29, 0.717) is 24.0 Å². The third-order valence-corrected chi connectivity index (χ3v) is 4.38. The van der Waals surface area contributed by atoms with Crippen LogP contribution < -0.4 is 10.6 Å². The van der Waals surface area contributed by atoms with Gasteiger partial charge in [0, 0.05) is 19.7 Å². The number of ether oxygens (including phenoxy) is 1. The predicted molar refractivity (Wildman–Crippen MR) is 84.1 cm³/mol. The Balaban J connectivity index is 1.56. The molecule has 1 saturated carbocycles. The quantitative estimate of drug-likeness (QED) is 0.853. The lowest BCUT2D eigenvalue weighted by molar-refractivity contribution is -0.00963. The lowest BCUT2D eigenvalue weighted by atomic mass is 10.0. The van der Waals surface area contributed by atoms with E-state index >= 15 is 0 Å². The normalized spacial score (nSPS) is 16.8. The van der Waals surface area contributed by atoms with E-state index in [-0.39, 0.29) is 11.6 Å². The first-order chi connectivity index (χ1) is 11.0. The maximum absolute atomic E-state index is 12.0. The SMILES string of the molecule is COC(C)(CNC(=O)Nc1cc(-c2ccoc2C)on1)C1CC1. The van der Waals surface area contributed by atoms with Crippen molar-refractivity contribution in [3.63, 3.8) is 0 Å². The summed E-state index contributed by atoms with van der Waals surface area (Å²) < 4.78 is 16.0. The number of hydrogen-bond donors (Lipinski definition) is 2. The first-order valence-electron chi connectivity index (χ1n) is 7.63. The maximum atomic E-state index is 12.0. The second kappa shape index (κ2) is 6.08. The maximum Gasteiger partial charge on any atom is 0.320 e. The van der Waals surface area contributed by atoms with E-state index < -0.39 is 0 Å². The molecule has 2 aromatic rings. The molecule has 0 aliphatic heterocycles. The third-order valence-electron chi connectivity index (χ3n) is 4.38. The molecule has 124 valence electrons. The van der Waals surface area contributed by atoms with Gasteiger partial charge in [-0.2, -0.15) is 0 Å². The molecule has 1 atom stereocenters. The van der Waals surface area contributed by atoms with Gasteiger partial charge in [0.05, 0.1) is 17.4 Å². The van der Waals surface area contributed by atoms with Crippen molar-refractivity contribution in [2.75, 3.05) is 19.0 Å². The van der Waals surface area contributed by atoms with Crippen LogP contribution in [0.5, 0.6) is 0 Å². The van der Waals surface area contributed by atoms with Crippen molar-refractivity contribution in [2.24, 2.45) is 5.92 Å². The summed E-state index contributed by atoms with van der Waals surface area (Å²) in [5.41, 5.74) is 0.492. The van der Waals surface area contributed by atoms with Gasteiger partial charge in [-0.25, -0.2) is 4.79 Å². The van der Waals surface area contributed by atoms with Crippen molar-refractivity contribution < 1.29 is 18.5 Å². The van der Waals surface area contributed by atoms with Crippen LogP contribution in [0, 0.1) is 12.8 Å². The molecule has 2 amide bonds. The van der Waals surface area contributed by atoms with E-state index in [4.69, 9.17) is 13.7 Å². The van der Waals surface area contributed by atoms with Crippen molar-refractivity contribution in [3.05, 3.63) is 24.2 Å². The number of hydrogen-bond acceptors (Lipinski definition) is 5. The zero-order chi connectivity index (χ0) is 16.4. The van der Waals surface area contributed by atoms with E-state index in [0.717, 1.165) is 24.2 Å². The number of carbonyl (C=O) groups excluding carboxylic acids is 1. The fourth-order valence-electron chi connectivity index (χ4n) is 2.60. The molecule has 1 unspecified atom stereocenters. The zero-order valence-electron chi connectivity index (χ0n) is 13.5. The summed E-state index contributed by atoms with van der Waals surface area (Å²) in [5, 5.41) is 9.33. The lowest BCUT2D eigenvalue weighted by Crippen LogP contribution is -2.45. The summed E-state index contributed by atoms with van der Waals surface area (Å²) in [6.07, 6.45) is 3.87. The predicted octanol–water partition coefficient (Wildman–Crippen LogP) is 3.18. The van der Waals surface area contributed by atoms with Gasteiger partial charge < -0.3 is 19.0 Å². The molecule has 2 N–H and O–H groups in total. The lowest BCUT2D eigenvalue weighted by Gasteiger charge is -2.28. The van der Waals surface area contributed by atoms with Gasteiger partial charge in [0.1, 0.15) is 5.76 Å². The van der Waals surface area contributed by atoms with Gasteiger partial charge in [-0.1, -0.05) is 5.16 Å². The molecule has 3 rings (SSSR count). The standard InChI is InChI=1S/C16H21N3O4/c1-10-12(6-7-22-10)13-8-14(19-23-13)18-15(20)17-9-16(2,21-3)11-4-5-11/h6-8,11H,4-5,9H2,1-3H3,(H2,17,18,19,20). The molecule has 1 aliphatic rings. The molecule has 7 heteroatoms. The fourth-order valence-corrected chi connectivity index (χ4v) is 2.60. The van der Waals surface area contributed by atoms with Crippen LogP contribution in [0.2, 0.25) is 0 Å². The van der Waals surface area contributed by atoms with Crippen molar-refractivity contribution >= 4 is 11.8 Å². The Labute approximate surface area is 134 Å². The smallest absolute Gasteiger partial charge is 0.320 e. The minimum Gasteiger partial charge on any atom is -0.469 e. The van der Waals surface area contributed by atoms with Crippen LogP contribution in [0.4, 0.5) is 10.6 Å². The Bertz CT molecular complexity index is 689. The summed E-state index contributed by atoms with van der Waals surface area (Å²) in [6, 6.07) is 3.12. The van der Waals surface area contributed by atoms with Crippen LogP contribution in [0.15, 0.2) is 27.3 Å².